The van der Waals surface area contributed by atoms with E-state index in [4.69, 9.17) is 4.74 Å². The number of aromatic nitrogens is 3. The van der Waals surface area contributed by atoms with Crippen LogP contribution in [0.5, 0.6) is 0 Å². The SMILES string of the molecule is COCc1cn([C@@H]2CCN(C(=O)CC3CCCC3)C2)nn1. The quantitative estimate of drug-likeness (QED) is 0.830. The minimum absolute atomic E-state index is 0.260. The second-order valence-electron chi connectivity index (χ2n) is 6.26. The summed E-state index contributed by atoms with van der Waals surface area (Å²) in [6, 6.07) is 0.260. The first kappa shape index (κ1) is 14.5. The van der Waals surface area contributed by atoms with Crippen molar-refractivity contribution in [2.24, 2.45) is 5.92 Å². The van der Waals surface area contributed by atoms with E-state index in [0.29, 0.717) is 18.4 Å². The molecule has 1 saturated carbocycles. The van der Waals surface area contributed by atoms with Crippen LogP contribution in [0.15, 0.2) is 6.20 Å². The lowest BCUT2D eigenvalue weighted by atomic mass is 10.0. The van der Waals surface area contributed by atoms with E-state index in [2.05, 4.69) is 10.3 Å². The molecule has 1 amide bonds. The van der Waals surface area contributed by atoms with Gasteiger partial charge in [0.2, 0.25) is 5.91 Å². The molecule has 0 N–H and O–H groups in total. The molecular formula is C15H24N4O2. The Balaban J connectivity index is 1.52. The molecule has 6 heteroatoms. The molecule has 1 aliphatic carbocycles. The Labute approximate surface area is 125 Å². The highest BCUT2D eigenvalue weighted by molar-refractivity contribution is 5.76. The van der Waals surface area contributed by atoms with Crippen LogP contribution in [0, 0.1) is 5.92 Å². The highest BCUT2D eigenvalue weighted by atomic mass is 16.5. The number of hydrogen-bond acceptors (Lipinski definition) is 4. The third-order valence-corrected chi connectivity index (χ3v) is 4.68. The standard InChI is InChI=1S/C15H24N4O2/c1-21-11-13-9-19(17-16-13)14-6-7-18(10-14)15(20)8-12-4-2-3-5-12/h9,12,14H,2-8,10-11H2,1H3/t14-/m1/s1. The van der Waals surface area contributed by atoms with Crippen LogP contribution in [0.1, 0.15) is 50.3 Å². The van der Waals surface area contributed by atoms with Crippen molar-refractivity contribution in [1.29, 1.82) is 0 Å². The first-order valence-electron chi connectivity index (χ1n) is 7.93. The van der Waals surface area contributed by atoms with Crippen LogP contribution < -0.4 is 0 Å². The second kappa shape index (κ2) is 6.56. The number of amides is 1. The molecular weight excluding hydrogens is 268 g/mol. The van der Waals surface area contributed by atoms with Crippen LogP contribution in [-0.4, -0.2) is 46.0 Å². The van der Waals surface area contributed by atoms with Crippen molar-refractivity contribution in [2.45, 2.75) is 51.2 Å². The van der Waals surface area contributed by atoms with Crippen molar-refractivity contribution in [3.63, 3.8) is 0 Å². The predicted molar refractivity (Wildman–Crippen MR) is 77.5 cm³/mol. The predicted octanol–water partition coefficient (Wildman–Crippen LogP) is 1.78. The molecule has 2 aliphatic rings. The van der Waals surface area contributed by atoms with Crippen LogP contribution in [-0.2, 0) is 16.1 Å². The van der Waals surface area contributed by atoms with E-state index in [1.807, 2.05) is 15.8 Å². The van der Waals surface area contributed by atoms with Gasteiger partial charge < -0.3 is 9.64 Å². The first-order valence-corrected chi connectivity index (χ1v) is 7.93. The molecule has 21 heavy (non-hydrogen) atoms. The number of carbonyl (C=O) groups excluding carboxylic acids is 1. The van der Waals surface area contributed by atoms with Crippen LogP contribution in [0.2, 0.25) is 0 Å². The molecule has 0 unspecified atom stereocenters. The van der Waals surface area contributed by atoms with E-state index in [0.717, 1.165) is 31.6 Å². The first-order chi connectivity index (χ1) is 10.3. The molecule has 0 aromatic carbocycles. The Morgan fingerprint density at radius 2 is 2.19 bits per heavy atom. The van der Waals surface area contributed by atoms with E-state index in [1.165, 1.54) is 25.7 Å². The van der Waals surface area contributed by atoms with Gasteiger partial charge in [0, 0.05) is 26.6 Å². The fourth-order valence-corrected chi connectivity index (χ4v) is 3.48. The summed E-state index contributed by atoms with van der Waals surface area (Å²) in [7, 11) is 1.65. The number of hydrogen-bond donors (Lipinski definition) is 0. The molecule has 3 rings (SSSR count). The molecule has 1 aliphatic heterocycles. The molecule has 0 bridgehead atoms. The number of carbonyl (C=O) groups is 1. The van der Waals surface area contributed by atoms with E-state index in [9.17, 15) is 4.79 Å². The normalized spacial score (nSPS) is 23.1. The molecule has 116 valence electrons. The summed E-state index contributed by atoms with van der Waals surface area (Å²) in [5, 5.41) is 8.25. The molecule has 0 spiro atoms. The van der Waals surface area contributed by atoms with Crippen molar-refractivity contribution in [2.75, 3.05) is 20.2 Å². The lowest BCUT2D eigenvalue weighted by molar-refractivity contribution is -0.131. The zero-order valence-corrected chi connectivity index (χ0v) is 12.7. The highest BCUT2D eigenvalue weighted by Gasteiger charge is 2.30. The maximum absolute atomic E-state index is 12.3. The summed E-state index contributed by atoms with van der Waals surface area (Å²) in [4.78, 5) is 14.3. The van der Waals surface area contributed by atoms with E-state index >= 15 is 0 Å². The fraction of sp³-hybridized carbons (Fsp3) is 0.800. The van der Waals surface area contributed by atoms with Gasteiger partial charge in [0.1, 0.15) is 5.69 Å². The summed E-state index contributed by atoms with van der Waals surface area (Å²) in [6.45, 7) is 2.09. The average Bonchev–Trinajstić information content (AvgIpc) is 3.20. The van der Waals surface area contributed by atoms with Crippen LogP contribution in [0.3, 0.4) is 0 Å². The molecule has 1 atom stereocenters. The minimum atomic E-state index is 0.260. The van der Waals surface area contributed by atoms with Gasteiger partial charge in [-0.25, -0.2) is 4.68 Å². The average molecular weight is 292 g/mol. The molecule has 2 heterocycles. The smallest absolute Gasteiger partial charge is 0.222 e. The topological polar surface area (TPSA) is 60.2 Å². The monoisotopic (exact) mass is 292 g/mol. The molecule has 0 radical (unpaired) electrons. The third kappa shape index (κ3) is 3.43. The maximum atomic E-state index is 12.3. The summed E-state index contributed by atoms with van der Waals surface area (Å²) < 4.78 is 6.94. The van der Waals surface area contributed by atoms with E-state index in [1.54, 1.807) is 7.11 Å². The molecule has 6 nitrogen and oxygen atoms in total. The number of nitrogens with zero attached hydrogens (tertiary/aromatic N) is 4. The van der Waals surface area contributed by atoms with Gasteiger partial charge in [0.15, 0.2) is 0 Å². The third-order valence-electron chi connectivity index (χ3n) is 4.68. The van der Waals surface area contributed by atoms with Gasteiger partial charge in [-0.05, 0) is 25.2 Å². The summed E-state index contributed by atoms with van der Waals surface area (Å²) in [6.07, 6.45) is 8.67. The lowest BCUT2D eigenvalue weighted by Crippen LogP contribution is -2.30. The van der Waals surface area contributed by atoms with Gasteiger partial charge in [0.05, 0.1) is 18.8 Å². The molecule has 2 fully saturated rings. The van der Waals surface area contributed by atoms with Crippen molar-refractivity contribution in [3.05, 3.63) is 11.9 Å². The van der Waals surface area contributed by atoms with Gasteiger partial charge in [-0.15, -0.1) is 5.10 Å². The second-order valence-corrected chi connectivity index (χ2v) is 6.26. The van der Waals surface area contributed by atoms with Gasteiger partial charge >= 0.3 is 0 Å². The number of ether oxygens (including phenoxy) is 1. The largest absolute Gasteiger partial charge is 0.378 e. The van der Waals surface area contributed by atoms with Gasteiger partial charge in [-0.3, -0.25) is 4.79 Å². The molecule has 1 saturated heterocycles. The number of rotatable bonds is 5. The highest BCUT2D eigenvalue weighted by Crippen LogP contribution is 2.29. The molecule has 1 aromatic heterocycles. The van der Waals surface area contributed by atoms with Crippen LogP contribution in [0.4, 0.5) is 0 Å². The summed E-state index contributed by atoms with van der Waals surface area (Å²) in [5.74, 6) is 0.942. The van der Waals surface area contributed by atoms with Crippen molar-refractivity contribution >= 4 is 5.91 Å². The van der Waals surface area contributed by atoms with Gasteiger partial charge in [0.25, 0.3) is 0 Å². The summed E-state index contributed by atoms with van der Waals surface area (Å²) >= 11 is 0. The summed E-state index contributed by atoms with van der Waals surface area (Å²) in [5.41, 5.74) is 0.841. The fourth-order valence-electron chi connectivity index (χ4n) is 3.48. The van der Waals surface area contributed by atoms with Crippen molar-refractivity contribution in [1.82, 2.24) is 19.9 Å². The molecule has 1 aromatic rings. The van der Waals surface area contributed by atoms with E-state index in [-0.39, 0.29) is 6.04 Å². The Morgan fingerprint density at radius 1 is 1.38 bits per heavy atom. The van der Waals surface area contributed by atoms with E-state index < -0.39 is 0 Å². The van der Waals surface area contributed by atoms with Crippen LogP contribution in [0.25, 0.3) is 0 Å². The zero-order chi connectivity index (χ0) is 14.7. The number of methoxy groups -OCH3 is 1. The Kier molecular flexibility index (Phi) is 4.53. The van der Waals surface area contributed by atoms with Crippen LogP contribution >= 0.6 is 0 Å². The lowest BCUT2D eigenvalue weighted by Gasteiger charge is -2.18. The Hall–Kier alpha value is -1.43. The maximum Gasteiger partial charge on any atom is 0.222 e. The van der Waals surface area contributed by atoms with Crippen molar-refractivity contribution < 1.29 is 9.53 Å². The van der Waals surface area contributed by atoms with Crippen molar-refractivity contribution in [3.8, 4) is 0 Å². The van der Waals surface area contributed by atoms with Gasteiger partial charge in [-0.1, -0.05) is 18.1 Å². The Morgan fingerprint density at radius 3 is 2.95 bits per heavy atom. The number of likely N-dealkylation sites (tertiary alicyclic amines) is 1. The van der Waals surface area contributed by atoms with Gasteiger partial charge in [-0.2, -0.15) is 0 Å². The Bertz CT molecular complexity index is 482. The minimum Gasteiger partial charge on any atom is -0.378 e. The zero-order valence-electron chi connectivity index (χ0n) is 12.7.